The summed E-state index contributed by atoms with van der Waals surface area (Å²) in [5, 5.41) is 25.0. The minimum absolute atomic E-state index is 0.0678. The molecule has 0 bridgehead atoms. The number of aliphatic carboxylic acids is 2. The normalized spacial score (nSPS) is 14.6. The Morgan fingerprint density at radius 1 is 1.23 bits per heavy atom. The molecule has 0 aliphatic rings. The summed E-state index contributed by atoms with van der Waals surface area (Å²) in [5.74, 6) is -3.30. The molecule has 126 valence electrons. The highest BCUT2D eigenvalue weighted by atomic mass is 32.1. The van der Waals surface area contributed by atoms with Crippen molar-refractivity contribution in [1.29, 1.82) is 0 Å². The Kier molecular flexibility index (Phi) is 10.2. The Hall–Kier alpha value is -1.65. The summed E-state index contributed by atoms with van der Waals surface area (Å²) in [6.45, 7) is -0.427. The number of rotatable bonds is 12. The van der Waals surface area contributed by atoms with Crippen LogP contribution < -0.4 is 16.0 Å². The highest BCUT2D eigenvalue weighted by Gasteiger charge is 2.23. The Bertz CT molecular complexity index is 406. The first kappa shape index (κ1) is 20.3. The molecule has 3 atom stereocenters. The Morgan fingerprint density at radius 3 is 2.27 bits per heavy atom. The molecule has 0 spiro atoms. The number of carboxylic acid groups (broad SMARTS) is 2. The maximum atomic E-state index is 11.7. The van der Waals surface area contributed by atoms with Gasteiger partial charge in [-0.15, -0.1) is 0 Å². The molecule has 0 aromatic carbocycles. The van der Waals surface area contributed by atoms with Crippen molar-refractivity contribution in [2.75, 3.05) is 25.9 Å². The molecular weight excluding hydrogens is 314 g/mol. The van der Waals surface area contributed by atoms with E-state index >= 15 is 0 Å². The topological polar surface area (TPSA) is 145 Å². The van der Waals surface area contributed by atoms with Crippen molar-refractivity contribution in [1.82, 2.24) is 16.0 Å². The molecule has 10 heteroatoms. The summed E-state index contributed by atoms with van der Waals surface area (Å²) >= 11 is 3.99. The van der Waals surface area contributed by atoms with Gasteiger partial charge in [-0.05, 0) is 13.5 Å². The molecule has 0 saturated heterocycles. The molecule has 0 aromatic heterocycles. The minimum Gasteiger partial charge on any atom is -0.480 e. The number of carboxylic acids is 2. The summed E-state index contributed by atoms with van der Waals surface area (Å²) in [5.41, 5.74) is 0. The van der Waals surface area contributed by atoms with Gasteiger partial charge in [0.1, 0.15) is 18.9 Å². The van der Waals surface area contributed by atoms with Crippen molar-refractivity contribution in [3.8, 4) is 0 Å². The number of nitrogens with one attached hydrogen (secondary N) is 3. The lowest BCUT2D eigenvalue weighted by Crippen LogP contribution is -2.49. The number of carbonyl (C=O) groups is 4. The maximum Gasteiger partial charge on any atom is 0.322 e. The van der Waals surface area contributed by atoms with Gasteiger partial charge in [-0.1, -0.05) is 0 Å². The number of hydrogen-bond donors (Lipinski definition) is 6. The van der Waals surface area contributed by atoms with Crippen molar-refractivity contribution < 1.29 is 29.4 Å². The Morgan fingerprint density at radius 2 is 1.86 bits per heavy atom. The van der Waals surface area contributed by atoms with Gasteiger partial charge in [-0.3, -0.25) is 14.4 Å². The van der Waals surface area contributed by atoms with E-state index in [1.807, 2.05) is 0 Å². The average molecular weight is 335 g/mol. The third-order valence-electron chi connectivity index (χ3n) is 2.92. The molecule has 1 amide bonds. The van der Waals surface area contributed by atoms with E-state index in [9.17, 15) is 19.2 Å². The monoisotopic (exact) mass is 335 g/mol. The van der Waals surface area contributed by atoms with Crippen LogP contribution in [0.4, 0.5) is 0 Å². The van der Waals surface area contributed by atoms with Gasteiger partial charge in [-0.25, -0.2) is 0 Å². The quantitative estimate of drug-likeness (QED) is 0.177. The van der Waals surface area contributed by atoms with Gasteiger partial charge >= 0.3 is 11.9 Å². The van der Waals surface area contributed by atoms with Crippen LogP contribution in [0, 0.1) is 5.92 Å². The summed E-state index contributed by atoms with van der Waals surface area (Å²) in [6, 6.07) is -1.64. The van der Waals surface area contributed by atoms with E-state index in [0.717, 1.165) is 0 Å². The zero-order valence-electron chi connectivity index (χ0n) is 12.1. The predicted molar refractivity (Wildman–Crippen MR) is 80.9 cm³/mol. The highest BCUT2D eigenvalue weighted by molar-refractivity contribution is 7.80. The maximum absolute atomic E-state index is 11.7. The molecule has 22 heavy (non-hydrogen) atoms. The molecule has 0 radical (unpaired) electrons. The number of thiol groups is 1. The third-order valence-corrected chi connectivity index (χ3v) is 3.28. The minimum atomic E-state index is -1.17. The van der Waals surface area contributed by atoms with Gasteiger partial charge in [0.15, 0.2) is 0 Å². The summed E-state index contributed by atoms with van der Waals surface area (Å²) in [7, 11) is 1.48. The molecule has 0 aliphatic heterocycles. The van der Waals surface area contributed by atoms with Gasteiger partial charge in [-0.2, -0.15) is 12.6 Å². The Labute approximate surface area is 133 Å². The smallest absolute Gasteiger partial charge is 0.322 e. The van der Waals surface area contributed by atoms with Gasteiger partial charge < -0.3 is 31.0 Å². The van der Waals surface area contributed by atoms with Crippen LogP contribution in [0.5, 0.6) is 0 Å². The zero-order chi connectivity index (χ0) is 17.1. The first-order valence-corrected chi connectivity index (χ1v) is 7.18. The molecule has 0 rings (SSSR count). The molecular formula is C12H21N3O6S. The molecule has 3 unspecified atom stereocenters. The third kappa shape index (κ3) is 7.96. The van der Waals surface area contributed by atoms with Crippen molar-refractivity contribution in [2.24, 2.45) is 5.92 Å². The lowest BCUT2D eigenvalue weighted by atomic mass is 10.0. The van der Waals surface area contributed by atoms with E-state index in [1.54, 1.807) is 0 Å². The molecule has 0 aromatic rings. The fraction of sp³-hybridized carbons (Fsp3) is 0.667. The van der Waals surface area contributed by atoms with E-state index in [-0.39, 0.29) is 18.7 Å². The summed E-state index contributed by atoms with van der Waals surface area (Å²) in [4.78, 5) is 44.0. The first-order chi connectivity index (χ1) is 10.3. The lowest BCUT2D eigenvalue weighted by Gasteiger charge is -2.20. The Balaban J connectivity index is 4.44. The van der Waals surface area contributed by atoms with Crippen LogP contribution in [0.3, 0.4) is 0 Å². The molecule has 5 N–H and O–H groups in total. The fourth-order valence-corrected chi connectivity index (χ4v) is 1.95. The van der Waals surface area contributed by atoms with Crippen LogP contribution in [-0.2, 0) is 19.2 Å². The largest absolute Gasteiger partial charge is 0.480 e. The van der Waals surface area contributed by atoms with Gasteiger partial charge in [0, 0.05) is 18.2 Å². The second-order valence-electron chi connectivity index (χ2n) is 4.57. The highest BCUT2D eigenvalue weighted by Crippen LogP contribution is 2.04. The number of carbonyl (C=O) groups excluding carboxylic acids is 2. The van der Waals surface area contributed by atoms with Crippen LogP contribution in [0.25, 0.3) is 0 Å². The van der Waals surface area contributed by atoms with Crippen LogP contribution in [0.2, 0.25) is 0 Å². The molecule has 0 heterocycles. The molecule has 0 saturated carbocycles. The number of hydrogen-bond acceptors (Lipinski definition) is 7. The molecule has 0 fully saturated rings. The lowest BCUT2D eigenvalue weighted by molar-refractivity contribution is -0.140. The summed E-state index contributed by atoms with van der Waals surface area (Å²) in [6.07, 6.45) is 0.684. The number of aldehydes is 1. The first-order valence-electron chi connectivity index (χ1n) is 6.54. The van der Waals surface area contributed by atoms with Crippen molar-refractivity contribution in [2.45, 2.75) is 18.5 Å². The van der Waals surface area contributed by atoms with Crippen molar-refractivity contribution in [3.05, 3.63) is 0 Å². The van der Waals surface area contributed by atoms with Crippen molar-refractivity contribution >= 4 is 36.8 Å². The number of likely N-dealkylation sites (N-methyl/N-ethyl adjacent to an activating group) is 1. The van der Waals surface area contributed by atoms with E-state index in [0.29, 0.717) is 6.29 Å². The van der Waals surface area contributed by atoms with Crippen LogP contribution >= 0.6 is 12.6 Å². The zero-order valence-corrected chi connectivity index (χ0v) is 13.0. The van der Waals surface area contributed by atoms with Gasteiger partial charge in [0.05, 0.1) is 6.04 Å². The second-order valence-corrected chi connectivity index (χ2v) is 4.93. The SMILES string of the molecule is CNC(CC(C=O)CNC(CS)C(=O)NCC(=O)O)C(=O)O. The van der Waals surface area contributed by atoms with E-state index < -0.39 is 42.4 Å². The summed E-state index contributed by atoms with van der Waals surface area (Å²) < 4.78 is 0. The fourth-order valence-electron chi connectivity index (χ4n) is 1.65. The van der Waals surface area contributed by atoms with E-state index in [1.165, 1.54) is 7.05 Å². The number of amides is 1. The second kappa shape index (κ2) is 11.0. The van der Waals surface area contributed by atoms with Gasteiger partial charge in [0.2, 0.25) is 5.91 Å². The van der Waals surface area contributed by atoms with Crippen LogP contribution in [0.1, 0.15) is 6.42 Å². The molecule has 0 aliphatic carbocycles. The standard InChI is InChI=1S/C12H21N3O6S/c1-13-8(12(20)21)2-7(5-16)3-14-9(6-22)11(19)15-4-10(17)18/h5,7-9,13-14,22H,2-4,6H2,1H3,(H,15,19)(H,17,18)(H,20,21). The van der Waals surface area contributed by atoms with Gasteiger partial charge in [0.25, 0.3) is 0 Å². The molecule has 9 nitrogen and oxygen atoms in total. The average Bonchev–Trinajstić information content (AvgIpc) is 2.48. The van der Waals surface area contributed by atoms with E-state index in [4.69, 9.17) is 10.2 Å². The van der Waals surface area contributed by atoms with Crippen LogP contribution in [0.15, 0.2) is 0 Å². The van der Waals surface area contributed by atoms with Crippen molar-refractivity contribution in [3.63, 3.8) is 0 Å². The van der Waals surface area contributed by atoms with E-state index in [2.05, 4.69) is 28.6 Å². The van der Waals surface area contributed by atoms with Crippen LogP contribution in [-0.4, -0.2) is 72.3 Å². The predicted octanol–water partition coefficient (Wildman–Crippen LogP) is -2.05.